The second-order valence-corrected chi connectivity index (χ2v) is 8.07. The van der Waals surface area contributed by atoms with Crippen LogP contribution in [0.2, 0.25) is 0 Å². The largest absolute Gasteiger partial charge is 0.481 e. The number of aliphatic carboxylic acids is 1. The maximum Gasteiger partial charge on any atom is 0.313 e. The molecule has 3 aliphatic rings. The Kier molecular flexibility index (Phi) is 4.47. The van der Waals surface area contributed by atoms with Crippen LogP contribution in [0.25, 0.3) is 0 Å². The van der Waals surface area contributed by atoms with E-state index in [0.717, 1.165) is 19.4 Å². The first kappa shape index (κ1) is 17.5. The van der Waals surface area contributed by atoms with Crippen LogP contribution < -0.4 is 0 Å². The van der Waals surface area contributed by atoms with Gasteiger partial charge < -0.3 is 10.0 Å². The van der Waals surface area contributed by atoms with Gasteiger partial charge in [0.05, 0.1) is 6.42 Å². The maximum absolute atomic E-state index is 13.8. The number of hydrogen-bond donors (Lipinski definition) is 1. The molecule has 2 aliphatic heterocycles. The molecule has 2 saturated heterocycles. The molecule has 1 aromatic rings. The van der Waals surface area contributed by atoms with E-state index in [1.807, 2.05) is 0 Å². The molecule has 2 atom stereocenters. The molecule has 0 spiro atoms. The molecule has 2 heterocycles. The number of fused-ring (bicyclic) bond motifs is 1. The molecule has 1 N–H and O–H groups in total. The second-order valence-electron chi connectivity index (χ2n) is 8.07. The molecule has 1 saturated carbocycles. The Morgan fingerprint density at radius 3 is 2.54 bits per heavy atom. The number of rotatable bonds is 4. The van der Waals surface area contributed by atoms with Crippen molar-refractivity contribution < 1.29 is 19.1 Å². The molecule has 0 bridgehead atoms. The lowest BCUT2D eigenvalue weighted by molar-refractivity contribution is -0.149. The lowest BCUT2D eigenvalue weighted by Crippen LogP contribution is -2.43. The molecule has 1 aliphatic carbocycles. The van der Waals surface area contributed by atoms with E-state index in [0.29, 0.717) is 24.7 Å². The molecule has 0 aromatic heterocycles. The number of benzene rings is 1. The van der Waals surface area contributed by atoms with Crippen LogP contribution in [0.15, 0.2) is 24.3 Å². The first-order chi connectivity index (χ1) is 12.5. The zero-order valence-corrected chi connectivity index (χ0v) is 14.9. The topological polar surface area (TPSA) is 60.9 Å². The van der Waals surface area contributed by atoms with E-state index in [1.165, 1.54) is 18.9 Å². The van der Waals surface area contributed by atoms with Crippen LogP contribution in [0.5, 0.6) is 0 Å². The van der Waals surface area contributed by atoms with Gasteiger partial charge in [0.15, 0.2) is 0 Å². The highest BCUT2D eigenvalue weighted by atomic mass is 19.1. The van der Waals surface area contributed by atoms with E-state index in [4.69, 9.17) is 0 Å². The first-order valence-electron chi connectivity index (χ1n) is 9.48. The molecular weight excluding hydrogens is 335 g/mol. The van der Waals surface area contributed by atoms with Crippen LogP contribution in [0.4, 0.5) is 4.39 Å². The van der Waals surface area contributed by atoms with Crippen LogP contribution in [-0.4, -0.2) is 59.0 Å². The molecule has 6 heteroatoms. The second kappa shape index (κ2) is 6.65. The van der Waals surface area contributed by atoms with E-state index < -0.39 is 11.4 Å². The van der Waals surface area contributed by atoms with Crippen LogP contribution >= 0.6 is 0 Å². The van der Waals surface area contributed by atoms with Gasteiger partial charge in [-0.3, -0.25) is 14.5 Å². The summed E-state index contributed by atoms with van der Waals surface area (Å²) in [5.41, 5.74) is -0.500. The summed E-state index contributed by atoms with van der Waals surface area (Å²) in [4.78, 5) is 28.7. The maximum atomic E-state index is 13.8. The van der Waals surface area contributed by atoms with Crippen molar-refractivity contribution in [1.82, 2.24) is 9.80 Å². The normalized spacial score (nSPS) is 29.3. The minimum Gasteiger partial charge on any atom is -0.481 e. The van der Waals surface area contributed by atoms with Gasteiger partial charge in [-0.25, -0.2) is 4.39 Å². The summed E-state index contributed by atoms with van der Waals surface area (Å²) >= 11 is 0. The van der Waals surface area contributed by atoms with Crippen LogP contribution in [0.3, 0.4) is 0 Å². The molecule has 1 aromatic carbocycles. The highest BCUT2D eigenvalue weighted by molar-refractivity contribution is 5.83. The lowest BCUT2D eigenvalue weighted by Gasteiger charge is -2.28. The fourth-order valence-corrected chi connectivity index (χ4v) is 5.06. The summed E-state index contributed by atoms with van der Waals surface area (Å²) in [6, 6.07) is 6.77. The predicted molar refractivity (Wildman–Crippen MR) is 94.1 cm³/mol. The number of nitrogens with zero attached hydrogens (tertiary/aromatic N) is 2. The Hall–Kier alpha value is -1.95. The molecule has 1 amide bonds. The SMILES string of the molecule is O=C(Cc1ccccc1F)N1C[C@H]2CN(C3CCCC3)C[C@@]2(C(=O)O)C1. The molecule has 0 radical (unpaired) electrons. The van der Waals surface area contributed by atoms with Crippen molar-refractivity contribution in [2.24, 2.45) is 11.3 Å². The van der Waals surface area contributed by atoms with Gasteiger partial charge in [0.1, 0.15) is 11.2 Å². The van der Waals surface area contributed by atoms with Gasteiger partial charge >= 0.3 is 5.97 Å². The standard InChI is InChI=1S/C20H25FN2O3/c21-17-8-4-1-5-14(17)9-18(24)23-11-15-10-22(16-6-2-3-7-16)12-20(15,13-23)19(25)26/h1,4-5,8,15-16H,2-3,6-7,9-13H2,(H,25,26)/t15-,20-/m1/s1. The van der Waals surface area contributed by atoms with Crippen LogP contribution in [0, 0.1) is 17.2 Å². The number of likely N-dealkylation sites (tertiary alicyclic amines) is 2. The summed E-state index contributed by atoms with van der Waals surface area (Å²) in [6.07, 6.45) is 4.73. The zero-order chi connectivity index (χ0) is 18.3. The average Bonchev–Trinajstić information content (AvgIpc) is 3.30. The zero-order valence-electron chi connectivity index (χ0n) is 14.9. The molecule has 0 unspecified atom stereocenters. The van der Waals surface area contributed by atoms with Crippen molar-refractivity contribution in [3.05, 3.63) is 35.6 Å². The van der Waals surface area contributed by atoms with Gasteiger partial charge in [0.25, 0.3) is 0 Å². The summed E-state index contributed by atoms with van der Waals surface area (Å²) < 4.78 is 13.8. The third-order valence-corrected chi connectivity index (χ3v) is 6.55. The Morgan fingerprint density at radius 1 is 1.15 bits per heavy atom. The third kappa shape index (κ3) is 2.90. The van der Waals surface area contributed by atoms with E-state index in [9.17, 15) is 19.1 Å². The van der Waals surface area contributed by atoms with Gasteiger partial charge in [-0.2, -0.15) is 0 Å². The highest BCUT2D eigenvalue weighted by Crippen LogP contribution is 2.45. The van der Waals surface area contributed by atoms with Crippen molar-refractivity contribution in [3.63, 3.8) is 0 Å². The minimum absolute atomic E-state index is 0.0125. The van der Waals surface area contributed by atoms with Crippen molar-refractivity contribution >= 4 is 11.9 Å². The van der Waals surface area contributed by atoms with Crippen molar-refractivity contribution in [3.8, 4) is 0 Å². The lowest BCUT2D eigenvalue weighted by atomic mass is 9.81. The van der Waals surface area contributed by atoms with E-state index in [-0.39, 0.29) is 30.6 Å². The van der Waals surface area contributed by atoms with E-state index in [1.54, 1.807) is 23.1 Å². The summed E-state index contributed by atoms with van der Waals surface area (Å²) in [5, 5.41) is 9.94. The van der Waals surface area contributed by atoms with Gasteiger partial charge in [-0.15, -0.1) is 0 Å². The summed E-state index contributed by atoms with van der Waals surface area (Å²) in [5.74, 6) is -1.41. The van der Waals surface area contributed by atoms with Gasteiger partial charge in [-0.1, -0.05) is 31.0 Å². The fourth-order valence-electron chi connectivity index (χ4n) is 5.06. The van der Waals surface area contributed by atoms with Crippen LogP contribution in [-0.2, 0) is 16.0 Å². The quantitative estimate of drug-likeness (QED) is 0.894. The van der Waals surface area contributed by atoms with E-state index in [2.05, 4.69) is 4.90 Å². The Balaban J connectivity index is 1.47. The molecule has 4 rings (SSSR count). The number of carbonyl (C=O) groups is 2. The monoisotopic (exact) mass is 360 g/mol. The van der Waals surface area contributed by atoms with Crippen molar-refractivity contribution in [1.29, 1.82) is 0 Å². The van der Waals surface area contributed by atoms with E-state index >= 15 is 0 Å². The van der Waals surface area contributed by atoms with Gasteiger partial charge in [0, 0.05) is 38.1 Å². The number of carboxylic acids is 1. The molecule has 26 heavy (non-hydrogen) atoms. The summed E-state index contributed by atoms with van der Waals surface area (Å²) in [6.45, 7) is 1.98. The highest BCUT2D eigenvalue weighted by Gasteiger charge is 2.59. The summed E-state index contributed by atoms with van der Waals surface area (Å²) in [7, 11) is 0. The number of halogens is 1. The third-order valence-electron chi connectivity index (χ3n) is 6.55. The van der Waals surface area contributed by atoms with Crippen molar-refractivity contribution in [2.75, 3.05) is 26.2 Å². The number of carbonyl (C=O) groups excluding carboxylic acids is 1. The number of hydrogen-bond acceptors (Lipinski definition) is 3. The number of carboxylic acid groups (broad SMARTS) is 1. The smallest absolute Gasteiger partial charge is 0.313 e. The van der Waals surface area contributed by atoms with Gasteiger partial charge in [0.2, 0.25) is 5.91 Å². The predicted octanol–water partition coefficient (Wildman–Crippen LogP) is 2.16. The minimum atomic E-state index is -0.868. The molecule has 140 valence electrons. The Morgan fingerprint density at radius 2 is 1.88 bits per heavy atom. The van der Waals surface area contributed by atoms with Crippen molar-refractivity contribution in [2.45, 2.75) is 38.1 Å². The average molecular weight is 360 g/mol. The molecule has 3 fully saturated rings. The Bertz CT molecular complexity index is 719. The molecule has 5 nitrogen and oxygen atoms in total. The molecular formula is C20H25FN2O3. The number of amides is 1. The van der Waals surface area contributed by atoms with Gasteiger partial charge in [-0.05, 0) is 24.5 Å². The van der Waals surface area contributed by atoms with Crippen LogP contribution in [0.1, 0.15) is 31.2 Å². The fraction of sp³-hybridized carbons (Fsp3) is 0.600. The first-order valence-corrected chi connectivity index (χ1v) is 9.48. The Labute approximate surface area is 152 Å².